The fourth-order valence-electron chi connectivity index (χ4n) is 2.03. The van der Waals surface area contributed by atoms with Crippen molar-refractivity contribution in [1.29, 1.82) is 5.26 Å². The highest BCUT2D eigenvalue weighted by atomic mass is 16.5. The summed E-state index contributed by atoms with van der Waals surface area (Å²) in [7, 11) is 3.02. The van der Waals surface area contributed by atoms with E-state index in [-0.39, 0.29) is 17.0 Å². The van der Waals surface area contributed by atoms with Gasteiger partial charge in [-0.25, -0.2) is 0 Å². The number of anilines is 1. The van der Waals surface area contributed by atoms with E-state index in [0.717, 1.165) is 0 Å². The fraction of sp³-hybridized carbons (Fsp3) is 0.111. The van der Waals surface area contributed by atoms with Crippen molar-refractivity contribution in [2.24, 2.45) is 0 Å². The predicted octanol–water partition coefficient (Wildman–Crippen LogP) is 2.96. The summed E-state index contributed by atoms with van der Waals surface area (Å²) in [6.45, 7) is 0. The summed E-state index contributed by atoms with van der Waals surface area (Å²) < 4.78 is 10.3. The van der Waals surface area contributed by atoms with Gasteiger partial charge in [0.25, 0.3) is 5.91 Å². The molecule has 0 atom stereocenters. The van der Waals surface area contributed by atoms with Crippen molar-refractivity contribution in [2.75, 3.05) is 19.5 Å². The highest BCUT2D eigenvalue weighted by molar-refractivity contribution is 6.10. The first kappa shape index (κ1) is 16.9. The lowest BCUT2D eigenvalue weighted by Crippen LogP contribution is -2.13. The number of rotatable bonds is 5. The number of benzene rings is 2. The molecule has 122 valence electrons. The van der Waals surface area contributed by atoms with Gasteiger partial charge in [-0.05, 0) is 35.9 Å². The molecule has 6 nitrogen and oxygen atoms in total. The Morgan fingerprint density at radius 1 is 1.17 bits per heavy atom. The minimum absolute atomic E-state index is 0.0748. The van der Waals surface area contributed by atoms with Crippen molar-refractivity contribution < 1.29 is 19.4 Å². The number of amides is 1. The van der Waals surface area contributed by atoms with Gasteiger partial charge in [0.1, 0.15) is 17.4 Å². The number of methoxy groups -OCH3 is 2. The van der Waals surface area contributed by atoms with E-state index in [9.17, 15) is 15.2 Å². The molecule has 2 aromatic carbocycles. The number of phenolic OH excluding ortho intramolecular Hbond substituents is 1. The van der Waals surface area contributed by atoms with Gasteiger partial charge in [0.2, 0.25) is 0 Å². The first-order chi connectivity index (χ1) is 11.6. The zero-order chi connectivity index (χ0) is 17.5. The van der Waals surface area contributed by atoms with Gasteiger partial charge in [-0.15, -0.1) is 0 Å². The molecule has 0 aliphatic carbocycles. The molecule has 0 bridgehead atoms. The summed E-state index contributed by atoms with van der Waals surface area (Å²) in [5.74, 6) is 0.347. The molecule has 0 spiro atoms. The zero-order valence-corrected chi connectivity index (χ0v) is 13.2. The molecule has 0 radical (unpaired) electrons. The summed E-state index contributed by atoms with van der Waals surface area (Å²) in [6.07, 6.45) is 1.43. The van der Waals surface area contributed by atoms with E-state index in [1.807, 2.05) is 6.07 Å². The molecule has 0 saturated heterocycles. The lowest BCUT2D eigenvalue weighted by atomic mass is 10.1. The Balaban J connectivity index is 2.27. The first-order valence-corrected chi connectivity index (χ1v) is 7.02. The van der Waals surface area contributed by atoms with E-state index in [1.54, 1.807) is 36.4 Å². The van der Waals surface area contributed by atoms with Crippen LogP contribution >= 0.6 is 0 Å². The van der Waals surface area contributed by atoms with E-state index >= 15 is 0 Å². The number of nitriles is 1. The topological polar surface area (TPSA) is 91.6 Å². The molecule has 1 amide bonds. The number of phenols is 1. The van der Waals surface area contributed by atoms with Gasteiger partial charge >= 0.3 is 0 Å². The van der Waals surface area contributed by atoms with Crippen LogP contribution in [0.1, 0.15) is 5.56 Å². The van der Waals surface area contributed by atoms with Crippen molar-refractivity contribution in [3.63, 3.8) is 0 Å². The van der Waals surface area contributed by atoms with Crippen LogP contribution in [0.25, 0.3) is 6.08 Å². The van der Waals surface area contributed by atoms with Gasteiger partial charge in [0.05, 0.1) is 19.9 Å². The van der Waals surface area contributed by atoms with E-state index in [1.165, 1.54) is 26.4 Å². The normalized spacial score (nSPS) is 10.6. The number of carbonyl (C=O) groups excluding carboxylic acids is 1. The quantitative estimate of drug-likeness (QED) is 0.501. The van der Waals surface area contributed by atoms with Gasteiger partial charge in [-0.1, -0.05) is 18.2 Å². The molecule has 24 heavy (non-hydrogen) atoms. The Morgan fingerprint density at radius 3 is 2.50 bits per heavy atom. The molecule has 0 saturated carbocycles. The third kappa shape index (κ3) is 3.84. The number of ether oxygens (including phenoxy) is 2. The van der Waals surface area contributed by atoms with Crippen molar-refractivity contribution >= 4 is 17.7 Å². The van der Waals surface area contributed by atoms with Crippen LogP contribution in [0.2, 0.25) is 0 Å². The molecule has 0 heterocycles. The molecule has 6 heteroatoms. The van der Waals surface area contributed by atoms with Gasteiger partial charge in [-0.2, -0.15) is 5.26 Å². The van der Waals surface area contributed by atoms with Crippen molar-refractivity contribution in [1.82, 2.24) is 0 Å². The molecule has 2 N–H and O–H groups in total. The smallest absolute Gasteiger partial charge is 0.266 e. The standard InChI is InChI=1S/C18H16N2O4/c1-23-16-8-7-12(10-17(16)24-2)9-13(11-19)18(22)20-14-5-3-4-6-15(14)21/h3-10,21H,1-2H3,(H,20,22). The van der Waals surface area contributed by atoms with Gasteiger partial charge in [-0.3, -0.25) is 4.79 Å². The van der Waals surface area contributed by atoms with Crippen LogP contribution < -0.4 is 14.8 Å². The maximum atomic E-state index is 12.2. The van der Waals surface area contributed by atoms with Gasteiger partial charge in [0, 0.05) is 0 Å². The predicted molar refractivity (Wildman–Crippen MR) is 89.9 cm³/mol. The molecular formula is C18H16N2O4. The average molecular weight is 324 g/mol. The first-order valence-electron chi connectivity index (χ1n) is 7.02. The molecule has 0 aliphatic heterocycles. The Labute approximate surface area is 139 Å². The zero-order valence-electron chi connectivity index (χ0n) is 13.2. The van der Waals surface area contributed by atoms with Crippen LogP contribution in [0.15, 0.2) is 48.0 Å². The molecule has 2 rings (SSSR count). The van der Waals surface area contributed by atoms with Gasteiger partial charge < -0.3 is 19.9 Å². The minimum atomic E-state index is -0.617. The molecular weight excluding hydrogens is 308 g/mol. The average Bonchev–Trinajstić information content (AvgIpc) is 2.61. The van der Waals surface area contributed by atoms with Crippen molar-refractivity contribution in [2.45, 2.75) is 0 Å². The lowest BCUT2D eigenvalue weighted by Gasteiger charge is -2.08. The number of para-hydroxylation sites is 2. The highest BCUT2D eigenvalue weighted by Crippen LogP contribution is 2.28. The molecule has 0 aliphatic rings. The molecule has 0 unspecified atom stereocenters. The lowest BCUT2D eigenvalue weighted by molar-refractivity contribution is -0.112. The number of nitrogens with zero attached hydrogens (tertiary/aromatic N) is 1. The summed E-state index contributed by atoms with van der Waals surface area (Å²) in [4.78, 5) is 12.2. The summed E-state index contributed by atoms with van der Waals surface area (Å²) in [6, 6.07) is 13.2. The Bertz CT molecular complexity index is 822. The van der Waals surface area contributed by atoms with Crippen molar-refractivity contribution in [3.8, 4) is 23.3 Å². The summed E-state index contributed by atoms with van der Waals surface area (Å²) in [5.41, 5.74) is 0.734. The number of hydrogen-bond acceptors (Lipinski definition) is 5. The largest absolute Gasteiger partial charge is 0.506 e. The highest BCUT2D eigenvalue weighted by Gasteiger charge is 2.12. The number of aromatic hydroxyl groups is 1. The third-order valence-electron chi connectivity index (χ3n) is 3.24. The maximum Gasteiger partial charge on any atom is 0.266 e. The molecule has 0 fully saturated rings. The Hall–Kier alpha value is -3.46. The second kappa shape index (κ2) is 7.70. The number of carbonyl (C=O) groups is 1. The van der Waals surface area contributed by atoms with E-state index in [0.29, 0.717) is 17.1 Å². The van der Waals surface area contributed by atoms with Crippen LogP contribution in [0, 0.1) is 11.3 Å². The molecule has 2 aromatic rings. The maximum absolute atomic E-state index is 12.2. The fourth-order valence-corrected chi connectivity index (χ4v) is 2.03. The van der Waals surface area contributed by atoms with Gasteiger partial charge in [0.15, 0.2) is 11.5 Å². The van der Waals surface area contributed by atoms with Crippen LogP contribution in [0.5, 0.6) is 17.2 Å². The minimum Gasteiger partial charge on any atom is -0.506 e. The van der Waals surface area contributed by atoms with Crippen LogP contribution in [-0.4, -0.2) is 25.2 Å². The second-order valence-corrected chi connectivity index (χ2v) is 4.76. The van der Waals surface area contributed by atoms with Crippen LogP contribution in [-0.2, 0) is 4.79 Å². The monoisotopic (exact) mass is 324 g/mol. The Kier molecular flexibility index (Phi) is 5.42. The summed E-state index contributed by atoms with van der Waals surface area (Å²) in [5, 5.41) is 21.4. The second-order valence-electron chi connectivity index (χ2n) is 4.76. The van der Waals surface area contributed by atoms with Crippen LogP contribution in [0.3, 0.4) is 0 Å². The third-order valence-corrected chi connectivity index (χ3v) is 3.24. The van der Waals surface area contributed by atoms with E-state index in [2.05, 4.69) is 5.32 Å². The van der Waals surface area contributed by atoms with E-state index < -0.39 is 5.91 Å². The molecule has 0 aromatic heterocycles. The number of nitrogens with one attached hydrogen (secondary N) is 1. The number of hydrogen-bond donors (Lipinski definition) is 2. The van der Waals surface area contributed by atoms with E-state index in [4.69, 9.17) is 9.47 Å². The SMILES string of the molecule is COc1ccc(C=C(C#N)C(=O)Nc2ccccc2O)cc1OC. The Morgan fingerprint density at radius 2 is 1.88 bits per heavy atom. The summed E-state index contributed by atoms with van der Waals surface area (Å²) >= 11 is 0. The van der Waals surface area contributed by atoms with Crippen LogP contribution in [0.4, 0.5) is 5.69 Å². The van der Waals surface area contributed by atoms with Crippen molar-refractivity contribution in [3.05, 3.63) is 53.6 Å².